The largest absolute Gasteiger partial charge is 0.573 e. The van der Waals surface area contributed by atoms with Crippen molar-refractivity contribution in [3.05, 3.63) is 65.3 Å². The first-order valence-electron chi connectivity index (χ1n) is 8.17. The summed E-state index contributed by atoms with van der Waals surface area (Å²) in [6.45, 7) is 0. The molecule has 2 aliphatic carbocycles. The SMILES string of the molecule is FC(F)(F)Oc1ccccc1[C]1CCC1C1CCc2cccnc21. The molecule has 125 valence electrons. The van der Waals surface area contributed by atoms with Gasteiger partial charge in [0.25, 0.3) is 0 Å². The molecule has 1 saturated carbocycles. The van der Waals surface area contributed by atoms with Crippen molar-refractivity contribution in [3.8, 4) is 5.75 Å². The summed E-state index contributed by atoms with van der Waals surface area (Å²) in [5.41, 5.74) is 2.98. The highest BCUT2D eigenvalue weighted by Gasteiger charge is 2.44. The molecule has 1 fully saturated rings. The number of para-hydroxylation sites is 1. The molecule has 0 N–H and O–H groups in total. The third-order valence-electron chi connectivity index (χ3n) is 5.12. The van der Waals surface area contributed by atoms with Crippen molar-refractivity contribution in [3.63, 3.8) is 0 Å². The second-order valence-corrected chi connectivity index (χ2v) is 6.41. The van der Waals surface area contributed by atoms with Gasteiger partial charge in [-0.2, -0.15) is 0 Å². The van der Waals surface area contributed by atoms with Crippen LogP contribution in [0, 0.1) is 11.8 Å². The van der Waals surface area contributed by atoms with Crippen molar-refractivity contribution in [1.82, 2.24) is 4.98 Å². The molecular formula is C19H17F3NO. The van der Waals surface area contributed by atoms with Gasteiger partial charge in [-0.1, -0.05) is 24.3 Å². The lowest BCUT2D eigenvalue weighted by molar-refractivity contribution is -0.274. The number of halogens is 3. The van der Waals surface area contributed by atoms with Gasteiger partial charge >= 0.3 is 6.36 Å². The number of fused-ring (bicyclic) bond motifs is 1. The smallest absolute Gasteiger partial charge is 0.405 e. The number of aromatic nitrogens is 1. The zero-order valence-electron chi connectivity index (χ0n) is 13.0. The second-order valence-electron chi connectivity index (χ2n) is 6.41. The summed E-state index contributed by atoms with van der Waals surface area (Å²) in [5.74, 6) is 1.55. The third kappa shape index (κ3) is 2.76. The van der Waals surface area contributed by atoms with E-state index in [2.05, 4.69) is 15.8 Å². The van der Waals surface area contributed by atoms with Crippen LogP contribution in [0.5, 0.6) is 5.75 Å². The molecule has 0 spiro atoms. The van der Waals surface area contributed by atoms with Gasteiger partial charge in [-0.3, -0.25) is 4.98 Å². The van der Waals surface area contributed by atoms with Crippen LogP contribution in [-0.4, -0.2) is 11.3 Å². The number of pyridine rings is 1. The van der Waals surface area contributed by atoms with Gasteiger partial charge in [-0.05, 0) is 49.3 Å². The molecule has 1 heterocycles. The van der Waals surface area contributed by atoms with Gasteiger partial charge in [-0.15, -0.1) is 13.2 Å². The number of hydrogen-bond donors (Lipinski definition) is 0. The number of ether oxygens (including phenoxy) is 1. The highest BCUT2D eigenvalue weighted by atomic mass is 19.4. The quantitative estimate of drug-likeness (QED) is 0.785. The van der Waals surface area contributed by atoms with Crippen molar-refractivity contribution < 1.29 is 17.9 Å². The minimum Gasteiger partial charge on any atom is -0.405 e. The molecule has 2 aromatic rings. The molecule has 2 unspecified atom stereocenters. The van der Waals surface area contributed by atoms with E-state index in [9.17, 15) is 13.2 Å². The Labute approximate surface area is 138 Å². The second kappa shape index (κ2) is 5.80. The van der Waals surface area contributed by atoms with Crippen LogP contribution in [0.25, 0.3) is 0 Å². The molecule has 0 saturated heterocycles. The minimum atomic E-state index is -4.67. The van der Waals surface area contributed by atoms with Gasteiger partial charge in [0.15, 0.2) is 0 Å². The van der Waals surface area contributed by atoms with Crippen molar-refractivity contribution in [1.29, 1.82) is 0 Å². The Balaban J connectivity index is 1.61. The summed E-state index contributed by atoms with van der Waals surface area (Å²) in [7, 11) is 0. The summed E-state index contributed by atoms with van der Waals surface area (Å²) in [4.78, 5) is 4.53. The van der Waals surface area contributed by atoms with Crippen molar-refractivity contribution in [2.75, 3.05) is 0 Å². The summed E-state index contributed by atoms with van der Waals surface area (Å²) in [5, 5.41) is 0. The lowest BCUT2D eigenvalue weighted by Gasteiger charge is -2.41. The molecule has 2 nitrogen and oxygen atoms in total. The van der Waals surface area contributed by atoms with Gasteiger partial charge < -0.3 is 4.74 Å². The molecule has 0 bridgehead atoms. The summed E-state index contributed by atoms with van der Waals surface area (Å²) in [6, 6.07) is 10.5. The van der Waals surface area contributed by atoms with E-state index in [0.717, 1.165) is 37.3 Å². The number of benzene rings is 1. The fraction of sp³-hybridized carbons (Fsp3) is 0.368. The van der Waals surface area contributed by atoms with Gasteiger partial charge in [0.1, 0.15) is 5.75 Å². The van der Waals surface area contributed by atoms with Gasteiger partial charge in [0.2, 0.25) is 0 Å². The normalized spacial score (nSPS) is 23.6. The predicted molar refractivity (Wildman–Crippen MR) is 83.5 cm³/mol. The maximum atomic E-state index is 12.7. The molecule has 2 atom stereocenters. The number of nitrogens with zero attached hydrogens (tertiary/aromatic N) is 1. The van der Waals surface area contributed by atoms with Crippen LogP contribution in [0.3, 0.4) is 0 Å². The van der Waals surface area contributed by atoms with E-state index in [0.29, 0.717) is 11.5 Å². The zero-order chi connectivity index (χ0) is 16.7. The van der Waals surface area contributed by atoms with E-state index in [1.165, 1.54) is 11.6 Å². The molecule has 1 aromatic heterocycles. The third-order valence-corrected chi connectivity index (χ3v) is 5.12. The average molecular weight is 332 g/mol. The highest BCUT2D eigenvalue weighted by Crippen LogP contribution is 2.54. The lowest BCUT2D eigenvalue weighted by Crippen LogP contribution is -2.31. The van der Waals surface area contributed by atoms with Crippen LogP contribution in [0.15, 0.2) is 42.6 Å². The van der Waals surface area contributed by atoms with Gasteiger partial charge in [-0.25, -0.2) is 0 Å². The molecular weight excluding hydrogens is 315 g/mol. The predicted octanol–water partition coefficient (Wildman–Crippen LogP) is 5.04. The molecule has 2 aliphatic rings. The number of alkyl halides is 3. The maximum absolute atomic E-state index is 12.7. The van der Waals surface area contributed by atoms with Crippen LogP contribution in [-0.2, 0) is 6.42 Å². The monoisotopic (exact) mass is 332 g/mol. The summed E-state index contributed by atoms with van der Waals surface area (Å²) in [6.07, 6.45) is 0.965. The van der Waals surface area contributed by atoms with Crippen LogP contribution in [0.4, 0.5) is 13.2 Å². The first-order chi connectivity index (χ1) is 11.5. The number of hydrogen-bond acceptors (Lipinski definition) is 2. The van der Waals surface area contributed by atoms with E-state index >= 15 is 0 Å². The van der Waals surface area contributed by atoms with E-state index < -0.39 is 6.36 Å². The van der Waals surface area contributed by atoms with Crippen molar-refractivity contribution in [2.45, 2.75) is 38.0 Å². The maximum Gasteiger partial charge on any atom is 0.573 e. The summed E-state index contributed by atoms with van der Waals surface area (Å²) >= 11 is 0. The van der Waals surface area contributed by atoms with E-state index in [-0.39, 0.29) is 11.7 Å². The first kappa shape index (κ1) is 15.5. The Hall–Kier alpha value is -2.04. The Morgan fingerprint density at radius 1 is 0.958 bits per heavy atom. The van der Waals surface area contributed by atoms with Gasteiger partial charge in [0.05, 0.1) is 0 Å². The molecule has 1 aromatic carbocycles. The van der Waals surface area contributed by atoms with Crippen LogP contribution in [0.2, 0.25) is 0 Å². The van der Waals surface area contributed by atoms with Crippen LogP contribution >= 0.6 is 0 Å². The fourth-order valence-corrected chi connectivity index (χ4v) is 4.01. The summed E-state index contributed by atoms with van der Waals surface area (Å²) < 4.78 is 42.2. The lowest BCUT2D eigenvalue weighted by atomic mass is 9.63. The Bertz CT molecular complexity index is 743. The highest BCUT2D eigenvalue weighted by molar-refractivity contribution is 5.48. The fourth-order valence-electron chi connectivity index (χ4n) is 4.01. The van der Waals surface area contributed by atoms with Crippen LogP contribution < -0.4 is 4.74 Å². The number of aryl methyl sites for hydroxylation is 1. The topological polar surface area (TPSA) is 22.1 Å². The van der Waals surface area contributed by atoms with Crippen LogP contribution in [0.1, 0.15) is 42.0 Å². The Kier molecular flexibility index (Phi) is 3.74. The first-order valence-corrected chi connectivity index (χ1v) is 8.17. The molecule has 0 aliphatic heterocycles. The van der Waals surface area contributed by atoms with E-state index in [4.69, 9.17) is 0 Å². The number of rotatable bonds is 3. The molecule has 1 radical (unpaired) electrons. The molecule has 4 rings (SSSR count). The minimum absolute atomic E-state index is 0.0936. The van der Waals surface area contributed by atoms with Crippen molar-refractivity contribution >= 4 is 0 Å². The zero-order valence-corrected chi connectivity index (χ0v) is 13.0. The average Bonchev–Trinajstić information content (AvgIpc) is 2.91. The van der Waals surface area contributed by atoms with E-state index in [1.54, 1.807) is 24.4 Å². The molecule has 5 heteroatoms. The molecule has 24 heavy (non-hydrogen) atoms. The Morgan fingerprint density at radius 3 is 2.50 bits per heavy atom. The Morgan fingerprint density at radius 2 is 1.75 bits per heavy atom. The van der Waals surface area contributed by atoms with E-state index in [1.807, 2.05) is 6.07 Å². The standard InChI is InChI=1S/C19H17F3NO/c20-19(21,22)24-17-6-2-1-5-15(17)13-9-10-14(13)16-8-7-12-4-3-11-23-18(12)16/h1-6,11,14,16H,7-10H2. The van der Waals surface area contributed by atoms with Gasteiger partial charge in [0, 0.05) is 29.3 Å². The van der Waals surface area contributed by atoms with Crippen molar-refractivity contribution in [2.24, 2.45) is 5.92 Å². The molecule has 0 amide bonds.